The third-order valence-corrected chi connectivity index (χ3v) is 2.78. The van der Waals surface area contributed by atoms with Gasteiger partial charge >= 0.3 is 5.69 Å². The number of hydrogen-bond donors (Lipinski definition) is 1. The standard InChI is InChI=1S/C12H13FN2O3/c1-7(16)6-15-11(17)10-8(13)4-3-5-9(10)14(2)12(15)18/h3-5,7,16H,6H2,1-2H3. The van der Waals surface area contributed by atoms with Crippen molar-refractivity contribution in [1.29, 1.82) is 0 Å². The van der Waals surface area contributed by atoms with Crippen molar-refractivity contribution in [2.24, 2.45) is 7.05 Å². The van der Waals surface area contributed by atoms with Crippen LogP contribution in [0, 0.1) is 5.82 Å². The Bertz CT molecular complexity index is 716. The first-order valence-electron chi connectivity index (χ1n) is 5.49. The van der Waals surface area contributed by atoms with Crippen LogP contribution < -0.4 is 11.2 Å². The second-order valence-electron chi connectivity index (χ2n) is 4.24. The third kappa shape index (κ3) is 1.84. The smallest absolute Gasteiger partial charge is 0.331 e. The zero-order valence-corrected chi connectivity index (χ0v) is 10.1. The van der Waals surface area contributed by atoms with Gasteiger partial charge in [0.15, 0.2) is 0 Å². The maximum absolute atomic E-state index is 13.7. The summed E-state index contributed by atoms with van der Waals surface area (Å²) in [5, 5.41) is 9.15. The highest BCUT2D eigenvalue weighted by Crippen LogP contribution is 2.11. The summed E-state index contributed by atoms with van der Waals surface area (Å²) in [6.07, 6.45) is -0.861. The van der Waals surface area contributed by atoms with Crippen molar-refractivity contribution in [2.45, 2.75) is 19.6 Å². The summed E-state index contributed by atoms with van der Waals surface area (Å²) in [6.45, 7) is 1.30. The lowest BCUT2D eigenvalue weighted by molar-refractivity contribution is 0.170. The van der Waals surface area contributed by atoms with Gasteiger partial charge in [-0.05, 0) is 19.1 Å². The van der Waals surface area contributed by atoms with E-state index < -0.39 is 23.2 Å². The Morgan fingerprint density at radius 3 is 2.67 bits per heavy atom. The molecule has 2 aromatic rings. The SMILES string of the molecule is CC(O)Cn1c(=O)c2c(F)cccc2n(C)c1=O. The van der Waals surface area contributed by atoms with Crippen molar-refractivity contribution in [3.63, 3.8) is 0 Å². The fourth-order valence-corrected chi connectivity index (χ4v) is 1.94. The molecule has 0 bridgehead atoms. The van der Waals surface area contributed by atoms with Crippen molar-refractivity contribution in [3.8, 4) is 0 Å². The van der Waals surface area contributed by atoms with Crippen LogP contribution in [0.25, 0.3) is 10.9 Å². The van der Waals surface area contributed by atoms with Crippen LogP contribution in [0.15, 0.2) is 27.8 Å². The average molecular weight is 252 g/mol. The van der Waals surface area contributed by atoms with Gasteiger partial charge in [-0.25, -0.2) is 9.18 Å². The number of fused-ring (bicyclic) bond motifs is 1. The minimum atomic E-state index is -0.861. The van der Waals surface area contributed by atoms with Crippen molar-refractivity contribution >= 4 is 10.9 Å². The van der Waals surface area contributed by atoms with Crippen molar-refractivity contribution in [2.75, 3.05) is 0 Å². The van der Waals surface area contributed by atoms with E-state index >= 15 is 0 Å². The lowest BCUT2D eigenvalue weighted by atomic mass is 10.2. The van der Waals surface area contributed by atoms with Crippen LogP contribution in [0.2, 0.25) is 0 Å². The highest BCUT2D eigenvalue weighted by atomic mass is 19.1. The fourth-order valence-electron chi connectivity index (χ4n) is 1.94. The molecule has 5 nitrogen and oxygen atoms in total. The number of halogens is 1. The molecule has 0 amide bonds. The van der Waals surface area contributed by atoms with Crippen LogP contribution in [0.1, 0.15) is 6.92 Å². The van der Waals surface area contributed by atoms with Crippen LogP contribution in [0.4, 0.5) is 4.39 Å². The van der Waals surface area contributed by atoms with Gasteiger partial charge in [-0.3, -0.25) is 13.9 Å². The highest BCUT2D eigenvalue weighted by molar-refractivity contribution is 5.78. The molecule has 1 heterocycles. The van der Waals surface area contributed by atoms with Gasteiger partial charge in [0.2, 0.25) is 0 Å². The number of aryl methyl sites for hydroxylation is 1. The summed E-state index contributed by atoms with van der Waals surface area (Å²) in [7, 11) is 1.46. The molecular weight excluding hydrogens is 239 g/mol. The number of aromatic nitrogens is 2. The zero-order chi connectivity index (χ0) is 13.4. The molecule has 0 aliphatic rings. The minimum absolute atomic E-state index is 0.139. The molecule has 0 aliphatic carbocycles. The number of benzene rings is 1. The van der Waals surface area contributed by atoms with Crippen LogP contribution in [-0.2, 0) is 13.6 Å². The summed E-state index contributed by atoms with van der Waals surface area (Å²) in [4.78, 5) is 24.0. The van der Waals surface area contributed by atoms with Gasteiger partial charge < -0.3 is 5.11 Å². The zero-order valence-electron chi connectivity index (χ0n) is 10.1. The van der Waals surface area contributed by atoms with Crippen LogP contribution in [0.5, 0.6) is 0 Å². The monoisotopic (exact) mass is 252 g/mol. The van der Waals surface area contributed by atoms with E-state index in [1.54, 1.807) is 0 Å². The van der Waals surface area contributed by atoms with E-state index in [-0.39, 0.29) is 17.4 Å². The van der Waals surface area contributed by atoms with E-state index in [1.807, 2.05) is 0 Å². The molecule has 0 fully saturated rings. The summed E-state index contributed by atoms with van der Waals surface area (Å²) in [5.41, 5.74) is -1.04. The van der Waals surface area contributed by atoms with Gasteiger partial charge in [0.1, 0.15) is 5.82 Å². The predicted octanol–water partition coefficient (Wildman–Crippen LogP) is 0.220. The van der Waals surface area contributed by atoms with Gasteiger partial charge in [0, 0.05) is 7.05 Å². The number of rotatable bonds is 2. The first-order valence-corrected chi connectivity index (χ1v) is 5.49. The van der Waals surface area contributed by atoms with Crippen LogP contribution in [0.3, 0.4) is 0 Å². The minimum Gasteiger partial charge on any atom is -0.392 e. The molecule has 1 atom stereocenters. The van der Waals surface area contributed by atoms with Crippen molar-refractivity contribution in [3.05, 3.63) is 44.9 Å². The Morgan fingerprint density at radius 1 is 1.39 bits per heavy atom. The molecule has 1 N–H and O–H groups in total. The molecule has 0 aliphatic heterocycles. The van der Waals surface area contributed by atoms with Crippen LogP contribution >= 0.6 is 0 Å². The Labute approximate surface area is 102 Å². The molecular formula is C12H13FN2O3. The van der Waals surface area contributed by atoms with Gasteiger partial charge in [-0.1, -0.05) is 6.07 Å². The Balaban J connectivity index is 2.94. The summed E-state index contributed by atoms with van der Waals surface area (Å²) in [6, 6.07) is 4.12. The molecule has 18 heavy (non-hydrogen) atoms. The quantitative estimate of drug-likeness (QED) is 0.831. The van der Waals surface area contributed by atoms with Gasteiger partial charge in [0.25, 0.3) is 5.56 Å². The predicted molar refractivity (Wildman–Crippen MR) is 65.1 cm³/mol. The summed E-state index contributed by atoms with van der Waals surface area (Å²) >= 11 is 0. The van der Waals surface area contributed by atoms with Gasteiger partial charge in [0.05, 0.1) is 23.6 Å². The molecule has 96 valence electrons. The average Bonchev–Trinajstić information content (AvgIpc) is 2.31. The Hall–Kier alpha value is -1.95. The molecule has 0 saturated heterocycles. The maximum atomic E-state index is 13.7. The highest BCUT2D eigenvalue weighted by Gasteiger charge is 2.14. The Kier molecular flexibility index (Phi) is 3.04. The topological polar surface area (TPSA) is 64.2 Å². The molecule has 2 rings (SSSR count). The summed E-state index contributed by atoms with van der Waals surface area (Å²) < 4.78 is 15.7. The molecule has 6 heteroatoms. The van der Waals surface area contributed by atoms with E-state index in [0.29, 0.717) is 0 Å². The third-order valence-electron chi connectivity index (χ3n) is 2.78. The fraction of sp³-hybridized carbons (Fsp3) is 0.333. The van der Waals surface area contributed by atoms with E-state index in [4.69, 9.17) is 0 Å². The first kappa shape index (κ1) is 12.5. The lowest BCUT2D eigenvalue weighted by Gasteiger charge is -2.12. The lowest BCUT2D eigenvalue weighted by Crippen LogP contribution is -2.41. The molecule has 1 aromatic carbocycles. The second-order valence-corrected chi connectivity index (χ2v) is 4.24. The maximum Gasteiger partial charge on any atom is 0.331 e. The molecule has 0 spiro atoms. The first-order chi connectivity index (χ1) is 8.43. The Morgan fingerprint density at radius 2 is 2.06 bits per heavy atom. The van der Waals surface area contributed by atoms with E-state index in [2.05, 4.69) is 0 Å². The molecule has 0 saturated carbocycles. The molecule has 1 unspecified atom stereocenters. The van der Waals surface area contributed by atoms with E-state index in [0.717, 1.165) is 4.57 Å². The van der Waals surface area contributed by atoms with Gasteiger partial charge in [-0.2, -0.15) is 0 Å². The van der Waals surface area contributed by atoms with Crippen molar-refractivity contribution in [1.82, 2.24) is 9.13 Å². The van der Waals surface area contributed by atoms with E-state index in [9.17, 15) is 19.1 Å². The molecule has 0 radical (unpaired) electrons. The summed E-state index contributed by atoms with van der Waals surface area (Å²) in [5.74, 6) is -0.674. The number of nitrogens with zero attached hydrogens (tertiary/aromatic N) is 2. The number of aliphatic hydroxyl groups is 1. The van der Waals surface area contributed by atoms with Crippen molar-refractivity contribution < 1.29 is 9.50 Å². The molecule has 1 aromatic heterocycles. The van der Waals surface area contributed by atoms with Gasteiger partial charge in [-0.15, -0.1) is 0 Å². The number of hydrogen-bond acceptors (Lipinski definition) is 3. The normalized spacial score (nSPS) is 12.9. The number of aliphatic hydroxyl groups excluding tert-OH is 1. The van der Waals surface area contributed by atoms with E-state index in [1.165, 1.54) is 36.7 Å². The second kappa shape index (κ2) is 4.38. The van der Waals surface area contributed by atoms with Crippen LogP contribution in [-0.4, -0.2) is 20.3 Å². The largest absolute Gasteiger partial charge is 0.392 e.